The maximum absolute atomic E-state index is 10.8. The second-order valence-electron chi connectivity index (χ2n) is 7.56. The Balaban J connectivity index is 1.59. The van der Waals surface area contributed by atoms with Crippen LogP contribution in [0.1, 0.15) is 25.1 Å². The van der Waals surface area contributed by atoms with Gasteiger partial charge in [-0.05, 0) is 37.6 Å². The molecule has 1 aromatic carbocycles. The second kappa shape index (κ2) is 8.02. The van der Waals surface area contributed by atoms with Gasteiger partial charge in [-0.15, -0.1) is 0 Å². The van der Waals surface area contributed by atoms with Gasteiger partial charge in [-0.2, -0.15) is 0 Å². The van der Waals surface area contributed by atoms with Gasteiger partial charge in [0.1, 0.15) is 11.9 Å². The third kappa shape index (κ3) is 4.81. The van der Waals surface area contributed by atoms with Gasteiger partial charge in [0.05, 0.1) is 17.7 Å². The van der Waals surface area contributed by atoms with Gasteiger partial charge in [-0.25, -0.2) is 0 Å². The van der Waals surface area contributed by atoms with E-state index in [9.17, 15) is 10.1 Å². The summed E-state index contributed by atoms with van der Waals surface area (Å²) >= 11 is 0. The number of nitro groups is 1. The summed E-state index contributed by atoms with van der Waals surface area (Å²) in [4.78, 5) is 19.4. The summed E-state index contributed by atoms with van der Waals surface area (Å²) in [5.41, 5.74) is 2.19. The van der Waals surface area contributed by atoms with Crippen molar-refractivity contribution >= 4 is 5.69 Å². The van der Waals surface area contributed by atoms with E-state index >= 15 is 0 Å². The highest BCUT2D eigenvalue weighted by Gasteiger charge is 2.33. The largest absolute Gasteiger partial charge is 0.497 e. The Bertz CT molecular complexity index is 775. The molecule has 7 heteroatoms. The van der Waals surface area contributed by atoms with Gasteiger partial charge >= 0.3 is 0 Å². The molecule has 0 bridgehead atoms. The number of pyridine rings is 1. The van der Waals surface area contributed by atoms with E-state index in [0.717, 1.165) is 37.6 Å². The molecule has 1 aromatic heterocycles. The molecule has 1 aliphatic rings. The van der Waals surface area contributed by atoms with E-state index in [0.29, 0.717) is 6.54 Å². The van der Waals surface area contributed by atoms with Crippen LogP contribution >= 0.6 is 0 Å². The van der Waals surface area contributed by atoms with Crippen molar-refractivity contribution in [2.75, 3.05) is 26.7 Å². The molecule has 2 aromatic rings. The van der Waals surface area contributed by atoms with Crippen LogP contribution in [0.3, 0.4) is 0 Å². The van der Waals surface area contributed by atoms with Gasteiger partial charge in [0.15, 0.2) is 0 Å². The summed E-state index contributed by atoms with van der Waals surface area (Å²) in [5, 5.41) is 10.8. The summed E-state index contributed by atoms with van der Waals surface area (Å²) < 4.78 is 5.23. The van der Waals surface area contributed by atoms with Crippen molar-refractivity contribution in [3.05, 3.63) is 64.0 Å². The smallest absolute Gasteiger partial charge is 0.287 e. The molecule has 144 valence electrons. The molecule has 0 atom stereocenters. The van der Waals surface area contributed by atoms with Crippen molar-refractivity contribution in [3.63, 3.8) is 0 Å². The molecule has 1 fully saturated rings. The lowest BCUT2D eigenvalue weighted by molar-refractivity contribution is -0.385. The molecule has 0 spiro atoms. The Hall–Kier alpha value is -2.51. The molecule has 0 amide bonds. The average molecular weight is 370 g/mol. The summed E-state index contributed by atoms with van der Waals surface area (Å²) in [6.45, 7) is 8.95. The minimum Gasteiger partial charge on any atom is -0.497 e. The first-order valence-electron chi connectivity index (χ1n) is 9.07. The van der Waals surface area contributed by atoms with Crippen LogP contribution in [0, 0.1) is 10.1 Å². The Kier molecular flexibility index (Phi) is 5.72. The Labute approximate surface area is 159 Å². The van der Waals surface area contributed by atoms with Crippen LogP contribution in [0.15, 0.2) is 42.6 Å². The molecule has 3 rings (SSSR count). The number of piperazine rings is 1. The zero-order valence-corrected chi connectivity index (χ0v) is 16.1. The van der Waals surface area contributed by atoms with E-state index in [1.54, 1.807) is 13.2 Å². The topological polar surface area (TPSA) is 71.7 Å². The van der Waals surface area contributed by atoms with E-state index in [1.165, 1.54) is 17.8 Å². The molecule has 0 aliphatic carbocycles. The maximum atomic E-state index is 10.8. The van der Waals surface area contributed by atoms with Crippen molar-refractivity contribution in [1.29, 1.82) is 0 Å². The zero-order valence-electron chi connectivity index (χ0n) is 16.1. The van der Waals surface area contributed by atoms with Crippen LogP contribution in [0.25, 0.3) is 0 Å². The predicted octanol–water partition coefficient (Wildman–Crippen LogP) is 3.09. The monoisotopic (exact) mass is 370 g/mol. The number of hydrogen-bond acceptors (Lipinski definition) is 6. The standard InChI is InChI=1S/C20H26N4O3/c1-20(2)15-22(14-17-6-7-18(12-21-17)24(25)26)10-11-23(20)13-16-4-8-19(27-3)9-5-16/h4-9,12H,10-11,13-15H2,1-3H3. The molecular formula is C20H26N4O3. The zero-order chi connectivity index (χ0) is 19.4. The lowest BCUT2D eigenvalue weighted by Crippen LogP contribution is -2.58. The molecule has 2 heterocycles. The predicted molar refractivity (Wildman–Crippen MR) is 104 cm³/mol. The highest BCUT2D eigenvalue weighted by Crippen LogP contribution is 2.25. The first-order valence-corrected chi connectivity index (χ1v) is 9.07. The third-order valence-electron chi connectivity index (χ3n) is 5.09. The number of aromatic nitrogens is 1. The van der Waals surface area contributed by atoms with Gasteiger partial charge in [-0.3, -0.25) is 24.9 Å². The van der Waals surface area contributed by atoms with E-state index in [2.05, 4.69) is 40.8 Å². The van der Waals surface area contributed by atoms with Crippen LogP contribution in [0.2, 0.25) is 0 Å². The first-order chi connectivity index (χ1) is 12.9. The van der Waals surface area contributed by atoms with E-state index in [4.69, 9.17) is 4.74 Å². The van der Waals surface area contributed by atoms with Crippen LogP contribution in [0.5, 0.6) is 5.75 Å². The number of benzene rings is 1. The van der Waals surface area contributed by atoms with Gasteiger partial charge in [0.25, 0.3) is 5.69 Å². The average Bonchev–Trinajstić information content (AvgIpc) is 2.64. The summed E-state index contributed by atoms with van der Waals surface area (Å²) in [5.74, 6) is 0.874. The van der Waals surface area contributed by atoms with E-state index in [1.807, 2.05) is 12.1 Å². The molecular weight excluding hydrogens is 344 g/mol. The fraction of sp³-hybridized carbons (Fsp3) is 0.450. The summed E-state index contributed by atoms with van der Waals surface area (Å²) in [6.07, 6.45) is 1.33. The molecule has 1 saturated heterocycles. The van der Waals surface area contributed by atoms with Crippen molar-refractivity contribution in [1.82, 2.24) is 14.8 Å². The maximum Gasteiger partial charge on any atom is 0.287 e. The fourth-order valence-corrected chi connectivity index (χ4v) is 3.52. The first kappa shape index (κ1) is 19.3. The Morgan fingerprint density at radius 1 is 1.15 bits per heavy atom. The highest BCUT2D eigenvalue weighted by molar-refractivity contribution is 5.28. The minimum atomic E-state index is -0.419. The molecule has 0 radical (unpaired) electrons. The normalized spacial score (nSPS) is 17.6. The molecule has 0 N–H and O–H groups in total. The van der Waals surface area contributed by atoms with Crippen molar-refractivity contribution in [3.8, 4) is 5.75 Å². The minimum absolute atomic E-state index is 0.0267. The number of hydrogen-bond donors (Lipinski definition) is 0. The number of nitrogens with zero attached hydrogens (tertiary/aromatic N) is 4. The van der Waals surface area contributed by atoms with Gasteiger partial charge in [0, 0.05) is 44.3 Å². The molecule has 0 unspecified atom stereocenters. The third-order valence-corrected chi connectivity index (χ3v) is 5.09. The second-order valence-corrected chi connectivity index (χ2v) is 7.56. The molecule has 1 aliphatic heterocycles. The van der Waals surface area contributed by atoms with E-state index in [-0.39, 0.29) is 11.2 Å². The van der Waals surface area contributed by atoms with Crippen LogP contribution in [-0.4, -0.2) is 52.0 Å². The molecule has 27 heavy (non-hydrogen) atoms. The van der Waals surface area contributed by atoms with Crippen LogP contribution in [0.4, 0.5) is 5.69 Å². The lowest BCUT2D eigenvalue weighted by atomic mass is 9.97. The highest BCUT2D eigenvalue weighted by atomic mass is 16.6. The summed E-state index contributed by atoms with van der Waals surface area (Å²) in [6, 6.07) is 11.5. The van der Waals surface area contributed by atoms with Gasteiger partial charge < -0.3 is 4.74 Å². The van der Waals surface area contributed by atoms with Gasteiger partial charge in [0.2, 0.25) is 0 Å². The summed E-state index contributed by atoms with van der Waals surface area (Å²) in [7, 11) is 1.68. The lowest BCUT2D eigenvalue weighted by Gasteiger charge is -2.47. The van der Waals surface area contributed by atoms with Crippen molar-refractivity contribution < 1.29 is 9.66 Å². The van der Waals surface area contributed by atoms with Gasteiger partial charge in [-0.1, -0.05) is 12.1 Å². The molecule has 0 saturated carbocycles. The molecule has 7 nitrogen and oxygen atoms in total. The Morgan fingerprint density at radius 3 is 2.44 bits per heavy atom. The quantitative estimate of drug-likeness (QED) is 0.575. The number of methoxy groups -OCH3 is 1. The number of rotatable bonds is 6. The van der Waals surface area contributed by atoms with E-state index < -0.39 is 4.92 Å². The number of ether oxygens (including phenoxy) is 1. The van der Waals surface area contributed by atoms with Crippen molar-refractivity contribution in [2.24, 2.45) is 0 Å². The van der Waals surface area contributed by atoms with Crippen molar-refractivity contribution in [2.45, 2.75) is 32.5 Å². The van der Waals surface area contributed by atoms with Crippen LogP contribution in [-0.2, 0) is 13.1 Å². The SMILES string of the molecule is COc1ccc(CN2CCN(Cc3ccc([N+](=O)[O-])cn3)CC2(C)C)cc1. The Morgan fingerprint density at radius 2 is 1.89 bits per heavy atom. The fourth-order valence-electron chi connectivity index (χ4n) is 3.52. The van der Waals surface area contributed by atoms with Crippen LogP contribution < -0.4 is 4.74 Å².